The lowest BCUT2D eigenvalue weighted by atomic mass is 10.2. The third kappa shape index (κ3) is 4.45. The van der Waals surface area contributed by atoms with Crippen LogP contribution in [-0.4, -0.2) is 6.61 Å². The molecule has 0 aliphatic carbocycles. The summed E-state index contributed by atoms with van der Waals surface area (Å²) in [6, 6.07) is 10.9. The van der Waals surface area contributed by atoms with Crippen LogP contribution < -0.4 is 10.1 Å². The van der Waals surface area contributed by atoms with Gasteiger partial charge in [0.2, 0.25) is 0 Å². The van der Waals surface area contributed by atoms with Crippen molar-refractivity contribution >= 4 is 5.69 Å². The zero-order valence-electron chi connectivity index (χ0n) is 12.2. The molecule has 21 heavy (non-hydrogen) atoms. The van der Waals surface area contributed by atoms with Crippen LogP contribution in [0.4, 0.5) is 14.5 Å². The molecule has 0 fully saturated rings. The molecule has 0 unspecified atom stereocenters. The Morgan fingerprint density at radius 2 is 1.86 bits per heavy atom. The van der Waals surface area contributed by atoms with Gasteiger partial charge in [-0.25, -0.2) is 8.78 Å². The average molecular weight is 291 g/mol. The fourth-order valence-corrected chi connectivity index (χ4v) is 1.86. The van der Waals surface area contributed by atoms with Crippen LogP contribution in [0.1, 0.15) is 19.4 Å². The minimum Gasteiger partial charge on any atom is -0.491 e. The predicted molar refractivity (Wildman–Crippen MR) is 80.5 cm³/mol. The molecule has 1 N–H and O–H groups in total. The highest BCUT2D eigenvalue weighted by Gasteiger charge is 2.07. The third-order valence-corrected chi connectivity index (χ3v) is 2.94. The molecule has 112 valence electrons. The van der Waals surface area contributed by atoms with Gasteiger partial charge in [0.1, 0.15) is 17.4 Å². The molecule has 2 aromatic rings. The summed E-state index contributed by atoms with van der Waals surface area (Å²) < 4.78 is 32.4. The molecule has 4 heteroatoms. The maximum atomic E-state index is 13.6. The van der Waals surface area contributed by atoms with Crippen LogP contribution in [0.25, 0.3) is 0 Å². The van der Waals surface area contributed by atoms with E-state index in [1.807, 2.05) is 24.3 Å². The van der Waals surface area contributed by atoms with Crippen molar-refractivity contribution in [2.24, 2.45) is 5.92 Å². The molecule has 0 aliphatic heterocycles. The van der Waals surface area contributed by atoms with Gasteiger partial charge in [-0.1, -0.05) is 26.0 Å². The molecule has 0 amide bonds. The van der Waals surface area contributed by atoms with Crippen molar-refractivity contribution in [2.45, 2.75) is 20.4 Å². The summed E-state index contributed by atoms with van der Waals surface area (Å²) in [5.41, 5.74) is 1.05. The summed E-state index contributed by atoms with van der Waals surface area (Å²) in [6.07, 6.45) is 0. The van der Waals surface area contributed by atoms with Crippen molar-refractivity contribution in [3.05, 3.63) is 59.7 Å². The molecule has 2 rings (SSSR count). The van der Waals surface area contributed by atoms with Crippen molar-refractivity contribution < 1.29 is 13.5 Å². The number of para-hydroxylation sites is 2. The first-order valence-electron chi connectivity index (χ1n) is 6.96. The zero-order valence-corrected chi connectivity index (χ0v) is 12.2. The lowest BCUT2D eigenvalue weighted by molar-refractivity contribution is 0.272. The van der Waals surface area contributed by atoms with Gasteiger partial charge in [-0.3, -0.25) is 0 Å². The van der Waals surface area contributed by atoms with Gasteiger partial charge in [-0.15, -0.1) is 0 Å². The number of halogens is 2. The number of hydrogen-bond acceptors (Lipinski definition) is 2. The highest BCUT2D eigenvalue weighted by atomic mass is 19.1. The first-order valence-corrected chi connectivity index (χ1v) is 6.96. The molecule has 2 nitrogen and oxygen atoms in total. The molecule has 0 spiro atoms. The summed E-state index contributed by atoms with van der Waals surface area (Å²) >= 11 is 0. The predicted octanol–water partition coefficient (Wildman–Crippen LogP) is 4.61. The minimum absolute atomic E-state index is 0.200. The Bertz CT molecular complexity index is 599. The van der Waals surface area contributed by atoms with E-state index >= 15 is 0 Å². The molecule has 0 aromatic heterocycles. The topological polar surface area (TPSA) is 21.3 Å². The number of benzene rings is 2. The molecule has 0 aliphatic rings. The molecule has 2 aromatic carbocycles. The van der Waals surface area contributed by atoms with Gasteiger partial charge in [0.05, 0.1) is 12.3 Å². The Morgan fingerprint density at radius 3 is 2.62 bits per heavy atom. The van der Waals surface area contributed by atoms with Gasteiger partial charge >= 0.3 is 0 Å². The van der Waals surface area contributed by atoms with E-state index in [1.165, 1.54) is 6.07 Å². The highest BCUT2D eigenvalue weighted by Crippen LogP contribution is 2.25. The average Bonchev–Trinajstić information content (AvgIpc) is 2.47. The maximum absolute atomic E-state index is 13.6. The Balaban J connectivity index is 2.07. The van der Waals surface area contributed by atoms with E-state index in [0.29, 0.717) is 18.3 Å². The zero-order chi connectivity index (χ0) is 15.2. The Hall–Kier alpha value is -2.10. The van der Waals surface area contributed by atoms with Crippen LogP contribution in [0.5, 0.6) is 5.75 Å². The van der Waals surface area contributed by atoms with E-state index in [4.69, 9.17) is 4.74 Å². The first-order chi connectivity index (χ1) is 10.1. The van der Waals surface area contributed by atoms with E-state index in [0.717, 1.165) is 17.8 Å². The number of rotatable bonds is 6. The van der Waals surface area contributed by atoms with Crippen LogP contribution in [-0.2, 0) is 6.54 Å². The van der Waals surface area contributed by atoms with Crippen molar-refractivity contribution in [2.75, 3.05) is 11.9 Å². The Kier molecular flexibility index (Phi) is 5.14. The summed E-state index contributed by atoms with van der Waals surface area (Å²) in [5, 5.41) is 3.09. The van der Waals surface area contributed by atoms with E-state index in [2.05, 4.69) is 19.2 Å². The van der Waals surface area contributed by atoms with Gasteiger partial charge in [0, 0.05) is 12.1 Å². The number of hydrogen-bond donors (Lipinski definition) is 1. The molecule has 0 heterocycles. The molecular weight excluding hydrogens is 272 g/mol. The van der Waals surface area contributed by atoms with Gasteiger partial charge in [-0.2, -0.15) is 0 Å². The normalized spacial score (nSPS) is 10.7. The second-order valence-corrected chi connectivity index (χ2v) is 5.29. The van der Waals surface area contributed by atoms with Crippen LogP contribution in [0.15, 0.2) is 42.5 Å². The SMILES string of the molecule is CC(C)COc1ccccc1NCc1cc(F)ccc1F. The molecule has 0 saturated carbocycles. The Labute approximate surface area is 123 Å². The second kappa shape index (κ2) is 7.07. The van der Waals surface area contributed by atoms with Crippen molar-refractivity contribution in [1.82, 2.24) is 0 Å². The number of ether oxygens (including phenoxy) is 1. The van der Waals surface area contributed by atoms with Crippen molar-refractivity contribution in [3.8, 4) is 5.75 Å². The Morgan fingerprint density at radius 1 is 1.10 bits per heavy atom. The lowest BCUT2D eigenvalue weighted by Gasteiger charge is -2.14. The third-order valence-electron chi connectivity index (χ3n) is 2.94. The van der Waals surface area contributed by atoms with E-state index in [1.54, 1.807) is 0 Å². The lowest BCUT2D eigenvalue weighted by Crippen LogP contribution is -2.08. The van der Waals surface area contributed by atoms with Crippen molar-refractivity contribution in [1.29, 1.82) is 0 Å². The largest absolute Gasteiger partial charge is 0.491 e. The molecular formula is C17H19F2NO. The number of anilines is 1. The standard InChI is InChI=1S/C17H19F2NO/c1-12(2)11-21-17-6-4-3-5-16(17)20-10-13-9-14(18)7-8-15(13)19/h3-9,12,20H,10-11H2,1-2H3. The van der Waals surface area contributed by atoms with Gasteiger partial charge in [-0.05, 0) is 36.2 Å². The minimum atomic E-state index is -0.447. The molecule has 0 bridgehead atoms. The molecule has 0 radical (unpaired) electrons. The van der Waals surface area contributed by atoms with Gasteiger partial charge < -0.3 is 10.1 Å². The smallest absolute Gasteiger partial charge is 0.142 e. The summed E-state index contributed by atoms with van der Waals surface area (Å²) in [7, 11) is 0. The van der Waals surface area contributed by atoms with Crippen LogP contribution >= 0.6 is 0 Å². The summed E-state index contributed by atoms with van der Waals surface area (Å²) in [4.78, 5) is 0. The second-order valence-electron chi connectivity index (χ2n) is 5.29. The fourth-order valence-electron chi connectivity index (χ4n) is 1.86. The molecule has 0 atom stereocenters. The maximum Gasteiger partial charge on any atom is 0.142 e. The fraction of sp³-hybridized carbons (Fsp3) is 0.294. The van der Waals surface area contributed by atoms with Gasteiger partial charge in [0.15, 0.2) is 0 Å². The monoisotopic (exact) mass is 291 g/mol. The highest BCUT2D eigenvalue weighted by molar-refractivity contribution is 5.56. The van der Waals surface area contributed by atoms with Crippen LogP contribution in [0.2, 0.25) is 0 Å². The van der Waals surface area contributed by atoms with E-state index in [-0.39, 0.29) is 12.1 Å². The van der Waals surface area contributed by atoms with Crippen LogP contribution in [0.3, 0.4) is 0 Å². The summed E-state index contributed by atoms with van der Waals surface area (Å²) in [5.74, 6) is 0.253. The summed E-state index contributed by atoms with van der Waals surface area (Å²) in [6.45, 7) is 4.94. The van der Waals surface area contributed by atoms with E-state index < -0.39 is 11.6 Å². The van der Waals surface area contributed by atoms with E-state index in [9.17, 15) is 8.78 Å². The number of nitrogens with one attached hydrogen (secondary N) is 1. The van der Waals surface area contributed by atoms with Crippen molar-refractivity contribution in [3.63, 3.8) is 0 Å². The van der Waals surface area contributed by atoms with Gasteiger partial charge in [0.25, 0.3) is 0 Å². The van der Waals surface area contributed by atoms with Crippen LogP contribution in [0, 0.1) is 17.6 Å². The molecule has 0 saturated heterocycles. The quantitative estimate of drug-likeness (QED) is 0.839. The first kappa shape index (κ1) is 15.3.